The van der Waals surface area contributed by atoms with Crippen LogP contribution in [0.25, 0.3) is 0 Å². The van der Waals surface area contributed by atoms with Crippen LogP contribution < -0.4 is 5.32 Å². The van der Waals surface area contributed by atoms with Crippen molar-refractivity contribution in [3.63, 3.8) is 0 Å². The molecule has 136 valence electrons. The maximum absolute atomic E-state index is 12.1. The Hall–Kier alpha value is -0.0500. The summed E-state index contributed by atoms with van der Waals surface area (Å²) >= 11 is 0. The molecule has 0 bridgehead atoms. The van der Waals surface area contributed by atoms with Gasteiger partial charge >= 0.3 is 0 Å². The quantitative estimate of drug-likeness (QED) is 0.393. The van der Waals surface area contributed by atoms with Gasteiger partial charge in [-0.25, -0.2) is 8.42 Å². The van der Waals surface area contributed by atoms with E-state index in [0.29, 0.717) is 13.1 Å². The number of hydrogen-bond donors (Lipinski definition) is 1. The van der Waals surface area contributed by atoms with Gasteiger partial charge in [0.25, 0.3) is 0 Å². The van der Waals surface area contributed by atoms with Crippen LogP contribution in [0, 0.1) is 11.8 Å². The van der Waals surface area contributed by atoms with Gasteiger partial charge in [-0.3, -0.25) is 4.99 Å². The van der Waals surface area contributed by atoms with Crippen molar-refractivity contribution in [2.24, 2.45) is 16.8 Å². The number of nitrogens with zero attached hydrogens (tertiary/aromatic N) is 2. The summed E-state index contributed by atoms with van der Waals surface area (Å²) in [5.74, 6) is 2.64. The van der Waals surface area contributed by atoms with Crippen molar-refractivity contribution in [2.75, 3.05) is 32.4 Å². The zero-order valence-electron chi connectivity index (χ0n) is 14.8. The number of guanidine groups is 1. The van der Waals surface area contributed by atoms with Crippen molar-refractivity contribution in [1.29, 1.82) is 0 Å². The number of nitrogens with one attached hydrogen (secondary N) is 1. The first-order valence-corrected chi connectivity index (χ1v) is 10.1. The molecule has 7 heteroatoms. The fourth-order valence-corrected chi connectivity index (χ4v) is 4.79. The summed E-state index contributed by atoms with van der Waals surface area (Å²) in [7, 11) is -1.22. The summed E-state index contributed by atoms with van der Waals surface area (Å²) in [6, 6.07) is 0. The first-order chi connectivity index (χ1) is 10.2. The SMILES string of the molecule is CN=C(NCC1CCC(C)CC1)N1CCS(=O)(=O)C(C)(C)C1.I. The van der Waals surface area contributed by atoms with Gasteiger partial charge < -0.3 is 10.2 Å². The van der Waals surface area contributed by atoms with Gasteiger partial charge in [0.15, 0.2) is 15.8 Å². The van der Waals surface area contributed by atoms with Crippen LogP contribution in [0.3, 0.4) is 0 Å². The Morgan fingerprint density at radius 2 is 1.87 bits per heavy atom. The number of aliphatic imine (C=N–C) groups is 1. The minimum Gasteiger partial charge on any atom is -0.356 e. The maximum atomic E-state index is 12.1. The fraction of sp³-hybridized carbons (Fsp3) is 0.938. The second-order valence-electron chi connectivity index (χ2n) is 7.55. The second-order valence-corrected chi connectivity index (χ2v) is 10.3. The average molecular weight is 457 g/mol. The lowest BCUT2D eigenvalue weighted by Gasteiger charge is -2.39. The predicted octanol–water partition coefficient (Wildman–Crippen LogP) is 2.52. The Balaban J connectivity index is 0.00000264. The van der Waals surface area contributed by atoms with E-state index in [-0.39, 0.29) is 29.7 Å². The summed E-state index contributed by atoms with van der Waals surface area (Å²) in [6.07, 6.45) is 5.20. The molecule has 2 rings (SSSR count). The van der Waals surface area contributed by atoms with E-state index in [1.807, 2.05) is 13.8 Å². The van der Waals surface area contributed by atoms with Gasteiger partial charge in [0.2, 0.25) is 0 Å². The normalized spacial score (nSPS) is 30.4. The van der Waals surface area contributed by atoms with Gasteiger partial charge in [-0.15, -0.1) is 24.0 Å². The van der Waals surface area contributed by atoms with Crippen LogP contribution in [0.2, 0.25) is 0 Å². The molecule has 0 amide bonds. The highest BCUT2D eigenvalue weighted by molar-refractivity contribution is 14.0. The first-order valence-electron chi connectivity index (χ1n) is 8.43. The highest BCUT2D eigenvalue weighted by Gasteiger charge is 2.41. The van der Waals surface area contributed by atoms with Crippen LogP contribution in [0.15, 0.2) is 4.99 Å². The Morgan fingerprint density at radius 1 is 1.26 bits per heavy atom. The molecule has 1 aliphatic carbocycles. The molecule has 1 heterocycles. The minimum absolute atomic E-state index is 0. The molecule has 0 atom stereocenters. The summed E-state index contributed by atoms with van der Waals surface area (Å²) in [4.78, 5) is 6.45. The molecule has 0 aromatic rings. The molecule has 2 aliphatic rings. The van der Waals surface area contributed by atoms with Crippen LogP contribution in [0.1, 0.15) is 46.5 Å². The highest BCUT2D eigenvalue weighted by Crippen LogP contribution is 2.28. The lowest BCUT2D eigenvalue weighted by atomic mass is 9.83. The van der Waals surface area contributed by atoms with Crippen LogP contribution >= 0.6 is 24.0 Å². The number of rotatable bonds is 2. The summed E-state index contributed by atoms with van der Waals surface area (Å²) < 4.78 is 23.5. The van der Waals surface area contributed by atoms with Gasteiger partial charge in [-0.2, -0.15) is 0 Å². The molecule has 5 nitrogen and oxygen atoms in total. The molecular formula is C16H32IN3O2S. The molecule has 1 saturated heterocycles. The third-order valence-electron chi connectivity index (χ3n) is 5.24. The van der Waals surface area contributed by atoms with Gasteiger partial charge in [-0.05, 0) is 38.5 Å². The van der Waals surface area contributed by atoms with Crippen LogP contribution in [0.5, 0.6) is 0 Å². The summed E-state index contributed by atoms with van der Waals surface area (Å²) in [6.45, 7) is 7.94. The van der Waals surface area contributed by atoms with Gasteiger partial charge in [0.05, 0.1) is 10.5 Å². The van der Waals surface area contributed by atoms with Crippen molar-refractivity contribution < 1.29 is 8.42 Å². The molecule has 2 fully saturated rings. The minimum atomic E-state index is -3.00. The van der Waals surface area contributed by atoms with Crippen LogP contribution in [-0.2, 0) is 9.84 Å². The van der Waals surface area contributed by atoms with Gasteiger partial charge in [0.1, 0.15) is 0 Å². The zero-order chi connectivity index (χ0) is 16.4. The van der Waals surface area contributed by atoms with Gasteiger partial charge in [-0.1, -0.05) is 19.8 Å². The van der Waals surface area contributed by atoms with Crippen molar-refractivity contribution in [2.45, 2.75) is 51.2 Å². The third-order valence-corrected chi connectivity index (χ3v) is 7.77. The van der Waals surface area contributed by atoms with Crippen LogP contribution in [-0.4, -0.2) is 56.5 Å². The molecule has 23 heavy (non-hydrogen) atoms. The molecule has 1 N–H and O–H groups in total. The van der Waals surface area contributed by atoms with Crippen molar-refractivity contribution in [3.05, 3.63) is 0 Å². The van der Waals surface area contributed by atoms with E-state index >= 15 is 0 Å². The van der Waals surface area contributed by atoms with Crippen molar-refractivity contribution in [1.82, 2.24) is 10.2 Å². The highest BCUT2D eigenvalue weighted by atomic mass is 127. The molecule has 0 aromatic carbocycles. The zero-order valence-corrected chi connectivity index (χ0v) is 18.0. The molecular weight excluding hydrogens is 425 g/mol. The number of sulfone groups is 1. The molecule has 0 radical (unpaired) electrons. The smallest absolute Gasteiger partial charge is 0.193 e. The molecule has 0 spiro atoms. The summed E-state index contributed by atoms with van der Waals surface area (Å²) in [5, 5.41) is 3.47. The topological polar surface area (TPSA) is 61.8 Å². The maximum Gasteiger partial charge on any atom is 0.193 e. The van der Waals surface area contributed by atoms with Crippen LogP contribution in [0.4, 0.5) is 0 Å². The Bertz CT molecular complexity index is 511. The van der Waals surface area contributed by atoms with E-state index in [9.17, 15) is 8.42 Å². The summed E-state index contributed by atoms with van der Waals surface area (Å²) in [5.41, 5.74) is 0. The monoisotopic (exact) mass is 457 g/mol. The largest absolute Gasteiger partial charge is 0.356 e. The number of hydrogen-bond acceptors (Lipinski definition) is 3. The average Bonchev–Trinajstić information content (AvgIpc) is 2.45. The molecule has 1 aliphatic heterocycles. The second kappa shape index (κ2) is 8.36. The van der Waals surface area contributed by atoms with E-state index in [1.54, 1.807) is 7.05 Å². The Labute approximate surface area is 158 Å². The van der Waals surface area contributed by atoms with Crippen molar-refractivity contribution in [3.8, 4) is 0 Å². The fourth-order valence-electron chi connectivity index (χ4n) is 3.43. The Kier molecular flexibility index (Phi) is 7.63. The standard InChI is InChI=1S/C16H31N3O2S.HI/c1-13-5-7-14(8-6-13)11-18-15(17-4)19-9-10-22(20,21)16(2,3)12-19;/h13-14H,5-12H2,1-4H3,(H,17,18);1H. The third kappa shape index (κ3) is 5.21. The molecule has 0 unspecified atom stereocenters. The lowest BCUT2D eigenvalue weighted by molar-refractivity contribution is 0.284. The van der Waals surface area contributed by atoms with E-state index in [1.165, 1.54) is 25.7 Å². The number of halogens is 1. The van der Waals surface area contributed by atoms with E-state index in [0.717, 1.165) is 24.3 Å². The lowest BCUT2D eigenvalue weighted by Crippen LogP contribution is -2.57. The van der Waals surface area contributed by atoms with Crippen molar-refractivity contribution >= 4 is 39.8 Å². The molecule has 0 aromatic heterocycles. The molecule has 1 saturated carbocycles. The predicted molar refractivity (Wildman–Crippen MR) is 107 cm³/mol. The van der Waals surface area contributed by atoms with E-state index < -0.39 is 14.6 Å². The van der Waals surface area contributed by atoms with Gasteiger partial charge in [0, 0.05) is 26.7 Å². The van der Waals surface area contributed by atoms with E-state index in [2.05, 4.69) is 22.1 Å². The Morgan fingerprint density at radius 3 is 2.39 bits per heavy atom. The van der Waals surface area contributed by atoms with E-state index in [4.69, 9.17) is 0 Å². The first kappa shape index (κ1) is 21.0.